The van der Waals surface area contributed by atoms with Gasteiger partial charge in [0.25, 0.3) is 5.91 Å². The van der Waals surface area contributed by atoms with Crippen LogP contribution >= 0.6 is 0 Å². The summed E-state index contributed by atoms with van der Waals surface area (Å²) in [5, 5.41) is 0. The lowest BCUT2D eigenvalue weighted by molar-refractivity contribution is -0.137. The maximum absolute atomic E-state index is 12.2. The van der Waals surface area contributed by atoms with Gasteiger partial charge in [0.15, 0.2) is 18.1 Å². The summed E-state index contributed by atoms with van der Waals surface area (Å²) < 4.78 is 15.6. The first kappa shape index (κ1) is 15.6. The minimum absolute atomic E-state index is 0.141. The summed E-state index contributed by atoms with van der Waals surface area (Å²) in [4.78, 5) is 26.1. The number of amides is 1. The van der Waals surface area contributed by atoms with Gasteiger partial charge in [-0.05, 0) is 36.5 Å². The maximum Gasteiger partial charge on any atom is 0.338 e. The van der Waals surface area contributed by atoms with Crippen LogP contribution in [0.3, 0.4) is 0 Å². The Hall–Kier alpha value is -2.24. The predicted octanol–water partition coefficient (Wildman–Crippen LogP) is 2.08. The molecule has 1 aromatic rings. The smallest absolute Gasteiger partial charge is 0.338 e. The molecule has 2 atom stereocenters. The number of piperidine rings is 1. The van der Waals surface area contributed by atoms with Crippen LogP contribution in [0.5, 0.6) is 11.5 Å². The molecule has 0 unspecified atom stereocenters. The Bertz CT molecular complexity index is 605. The van der Waals surface area contributed by atoms with Crippen molar-refractivity contribution in [1.29, 1.82) is 0 Å². The van der Waals surface area contributed by atoms with Gasteiger partial charge in [-0.15, -0.1) is 0 Å². The summed E-state index contributed by atoms with van der Waals surface area (Å²) in [6.45, 7) is 5.64. The van der Waals surface area contributed by atoms with Crippen LogP contribution in [0.4, 0.5) is 0 Å². The zero-order valence-corrected chi connectivity index (χ0v) is 13.4. The molecule has 2 aliphatic heterocycles. The van der Waals surface area contributed by atoms with Gasteiger partial charge in [-0.2, -0.15) is 0 Å². The second-order valence-electron chi connectivity index (χ2n) is 6.39. The number of benzene rings is 1. The second-order valence-corrected chi connectivity index (χ2v) is 6.39. The summed E-state index contributed by atoms with van der Waals surface area (Å²) in [7, 11) is 0. The molecule has 6 nitrogen and oxygen atoms in total. The molecule has 1 saturated heterocycles. The summed E-state index contributed by atoms with van der Waals surface area (Å²) in [6, 6.07) is 4.83. The van der Waals surface area contributed by atoms with Crippen molar-refractivity contribution in [3.8, 4) is 11.5 Å². The van der Waals surface area contributed by atoms with Gasteiger partial charge in [0.1, 0.15) is 0 Å². The fourth-order valence-electron chi connectivity index (χ4n) is 3.19. The van der Waals surface area contributed by atoms with Crippen LogP contribution in [-0.4, -0.2) is 43.3 Å². The Morgan fingerprint density at radius 3 is 2.61 bits per heavy atom. The number of rotatable bonds is 3. The van der Waals surface area contributed by atoms with Crippen LogP contribution in [0.15, 0.2) is 18.2 Å². The number of fused-ring (bicyclic) bond motifs is 1. The molecular formula is C17H21NO5. The van der Waals surface area contributed by atoms with Crippen molar-refractivity contribution < 1.29 is 23.8 Å². The van der Waals surface area contributed by atoms with Crippen molar-refractivity contribution in [3.05, 3.63) is 23.8 Å². The number of hydrogen-bond donors (Lipinski definition) is 0. The van der Waals surface area contributed by atoms with E-state index in [-0.39, 0.29) is 19.3 Å². The van der Waals surface area contributed by atoms with Crippen molar-refractivity contribution in [2.24, 2.45) is 11.8 Å². The van der Waals surface area contributed by atoms with Gasteiger partial charge >= 0.3 is 5.97 Å². The largest absolute Gasteiger partial charge is 0.454 e. The Labute approximate surface area is 135 Å². The standard InChI is InChI=1S/C17H21NO5/c1-11-5-12(2)8-18(7-11)16(19)9-21-17(20)13-3-4-14-15(6-13)23-10-22-14/h3-4,6,11-12H,5,7-10H2,1-2H3/t11-,12-/m0/s1. The fourth-order valence-corrected chi connectivity index (χ4v) is 3.19. The van der Waals surface area contributed by atoms with Crippen LogP contribution in [-0.2, 0) is 9.53 Å². The van der Waals surface area contributed by atoms with Crippen molar-refractivity contribution >= 4 is 11.9 Å². The van der Waals surface area contributed by atoms with E-state index in [0.717, 1.165) is 19.5 Å². The molecular weight excluding hydrogens is 298 g/mol. The van der Waals surface area contributed by atoms with E-state index >= 15 is 0 Å². The first-order valence-corrected chi connectivity index (χ1v) is 7.87. The molecule has 0 saturated carbocycles. The zero-order valence-electron chi connectivity index (χ0n) is 13.4. The molecule has 1 amide bonds. The number of ether oxygens (including phenoxy) is 3. The van der Waals surface area contributed by atoms with Gasteiger partial charge in [-0.1, -0.05) is 13.8 Å². The quantitative estimate of drug-likeness (QED) is 0.798. The number of hydrogen-bond acceptors (Lipinski definition) is 5. The van der Waals surface area contributed by atoms with E-state index in [2.05, 4.69) is 13.8 Å². The van der Waals surface area contributed by atoms with E-state index in [4.69, 9.17) is 14.2 Å². The SMILES string of the molecule is C[C@H]1C[C@H](C)CN(C(=O)COC(=O)c2ccc3c(c2)OCO3)C1. The second kappa shape index (κ2) is 6.48. The Morgan fingerprint density at radius 1 is 1.17 bits per heavy atom. The predicted molar refractivity (Wildman–Crippen MR) is 82.4 cm³/mol. The highest BCUT2D eigenvalue weighted by Gasteiger charge is 2.26. The van der Waals surface area contributed by atoms with Crippen LogP contribution < -0.4 is 9.47 Å². The molecule has 124 valence electrons. The highest BCUT2D eigenvalue weighted by molar-refractivity contribution is 5.92. The van der Waals surface area contributed by atoms with Gasteiger partial charge in [0, 0.05) is 13.1 Å². The van der Waals surface area contributed by atoms with Crippen molar-refractivity contribution in [2.75, 3.05) is 26.5 Å². The van der Waals surface area contributed by atoms with E-state index in [1.165, 1.54) is 0 Å². The average molecular weight is 319 g/mol. The minimum Gasteiger partial charge on any atom is -0.454 e. The normalized spacial score (nSPS) is 22.8. The lowest BCUT2D eigenvalue weighted by atomic mass is 9.92. The van der Waals surface area contributed by atoms with E-state index < -0.39 is 5.97 Å². The first-order valence-electron chi connectivity index (χ1n) is 7.87. The summed E-state index contributed by atoms with van der Waals surface area (Å²) in [6.07, 6.45) is 1.13. The number of esters is 1. The molecule has 0 spiro atoms. The average Bonchev–Trinajstić information content (AvgIpc) is 2.98. The molecule has 2 aliphatic rings. The highest BCUT2D eigenvalue weighted by Crippen LogP contribution is 2.32. The maximum atomic E-state index is 12.2. The molecule has 3 rings (SSSR count). The van der Waals surface area contributed by atoms with E-state index in [1.807, 2.05) is 0 Å². The summed E-state index contributed by atoms with van der Waals surface area (Å²) in [5.74, 6) is 1.41. The van der Waals surface area contributed by atoms with Gasteiger partial charge < -0.3 is 19.1 Å². The first-order chi connectivity index (χ1) is 11.0. The fraction of sp³-hybridized carbons (Fsp3) is 0.529. The number of likely N-dealkylation sites (tertiary alicyclic amines) is 1. The summed E-state index contributed by atoms with van der Waals surface area (Å²) >= 11 is 0. The van der Waals surface area contributed by atoms with Crippen LogP contribution in [0, 0.1) is 11.8 Å². The van der Waals surface area contributed by atoms with Crippen molar-refractivity contribution in [1.82, 2.24) is 4.90 Å². The Kier molecular flexibility index (Phi) is 4.41. The van der Waals surface area contributed by atoms with Crippen LogP contribution in [0.1, 0.15) is 30.6 Å². The molecule has 0 bridgehead atoms. The molecule has 6 heteroatoms. The molecule has 2 heterocycles. The Morgan fingerprint density at radius 2 is 1.87 bits per heavy atom. The van der Waals surface area contributed by atoms with Gasteiger partial charge in [-0.3, -0.25) is 4.79 Å². The lowest BCUT2D eigenvalue weighted by Crippen LogP contribution is -2.44. The monoisotopic (exact) mass is 319 g/mol. The Balaban J connectivity index is 1.55. The van der Waals surface area contributed by atoms with Crippen LogP contribution in [0.25, 0.3) is 0 Å². The third-order valence-corrected chi connectivity index (χ3v) is 4.16. The molecule has 0 radical (unpaired) electrons. The molecule has 1 aromatic carbocycles. The van der Waals surface area contributed by atoms with Gasteiger partial charge in [0.2, 0.25) is 6.79 Å². The highest BCUT2D eigenvalue weighted by atomic mass is 16.7. The lowest BCUT2D eigenvalue weighted by Gasteiger charge is -2.34. The zero-order chi connectivity index (χ0) is 16.4. The van der Waals surface area contributed by atoms with Crippen LogP contribution in [0.2, 0.25) is 0 Å². The van der Waals surface area contributed by atoms with Gasteiger partial charge in [0.05, 0.1) is 5.56 Å². The van der Waals surface area contributed by atoms with Gasteiger partial charge in [-0.25, -0.2) is 4.79 Å². The number of nitrogens with zero attached hydrogens (tertiary/aromatic N) is 1. The van der Waals surface area contributed by atoms with E-state index in [1.54, 1.807) is 23.1 Å². The van der Waals surface area contributed by atoms with Crippen molar-refractivity contribution in [3.63, 3.8) is 0 Å². The summed E-state index contributed by atoms with van der Waals surface area (Å²) in [5.41, 5.74) is 0.349. The third-order valence-electron chi connectivity index (χ3n) is 4.16. The molecule has 0 aromatic heterocycles. The van der Waals surface area contributed by atoms with E-state index in [0.29, 0.717) is 28.9 Å². The molecule has 23 heavy (non-hydrogen) atoms. The molecule has 0 N–H and O–H groups in total. The molecule has 0 aliphatic carbocycles. The third kappa shape index (κ3) is 3.57. The minimum atomic E-state index is -0.533. The number of carbonyl (C=O) groups excluding carboxylic acids is 2. The van der Waals surface area contributed by atoms with E-state index in [9.17, 15) is 9.59 Å². The van der Waals surface area contributed by atoms with Crippen molar-refractivity contribution in [2.45, 2.75) is 20.3 Å². The number of carbonyl (C=O) groups is 2. The molecule has 1 fully saturated rings. The topological polar surface area (TPSA) is 65.1 Å².